The molecule has 0 atom stereocenters. The van der Waals surface area contributed by atoms with Crippen LogP contribution in [0.1, 0.15) is 5.69 Å². The highest BCUT2D eigenvalue weighted by Gasteiger charge is 2.23. The summed E-state index contributed by atoms with van der Waals surface area (Å²) < 4.78 is 35.4. The average molecular weight is 423 g/mol. The van der Waals surface area contributed by atoms with Crippen LogP contribution in [0, 0.1) is 6.92 Å². The van der Waals surface area contributed by atoms with Crippen molar-refractivity contribution in [3.05, 3.63) is 52.6 Å². The number of aryl methyl sites for hydroxylation is 1. The molecule has 0 aliphatic heterocycles. The van der Waals surface area contributed by atoms with Crippen LogP contribution in [0.15, 0.2) is 56.4 Å². The van der Waals surface area contributed by atoms with Crippen molar-refractivity contribution in [3.63, 3.8) is 0 Å². The molecule has 0 amide bonds. The highest BCUT2D eigenvalue weighted by Crippen LogP contribution is 2.38. The van der Waals surface area contributed by atoms with E-state index in [1.54, 1.807) is 19.1 Å². The first-order valence-corrected chi connectivity index (χ1v) is 10.1. The maximum absolute atomic E-state index is 12.8. The molecule has 2 aromatic carbocycles. The van der Waals surface area contributed by atoms with E-state index in [1.165, 1.54) is 11.3 Å². The molecule has 24 heavy (non-hydrogen) atoms. The van der Waals surface area contributed by atoms with Crippen molar-refractivity contribution in [2.24, 2.45) is 0 Å². The first kappa shape index (κ1) is 15.6. The predicted molar refractivity (Wildman–Crippen MR) is 99.1 cm³/mol. The molecule has 0 saturated heterocycles. The van der Waals surface area contributed by atoms with E-state index in [1.807, 2.05) is 30.3 Å². The fourth-order valence-electron chi connectivity index (χ4n) is 2.53. The summed E-state index contributed by atoms with van der Waals surface area (Å²) in [7, 11) is -3.80. The van der Waals surface area contributed by atoms with Gasteiger partial charge in [-0.2, -0.15) is 0 Å². The summed E-state index contributed by atoms with van der Waals surface area (Å²) in [6.45, 7) is 1.72. The molecule has 0 saturated carbocycles. The Morgan fingerprint density at radius 2 is 1.88 bits per heavy atom. The second-order valence-corrected chi connectivity index (χ2v) is 8.74. The summed E-state index contributed by atoms with van der Waals surface area (Å²) in [5.74, 6) is 0.0746. The van der Waals surface area contributed by atoms with Crippen LogP contribution in [0.5, 0.6) is 0 Å². The number of nitrogens with zero attached hydrogens (tertiary/aromatic N) is 1. The summed E-state index contributed by atoms with van der Waals surface area (Å²) >= 11 is 4.73. The molecule has 0 radical (unpaired) electrons. The standard InChI is InChI=1S/C16H11BrN2O3S2/c1-9-14(17)16(22-18-9)19-24(20,21)13-8-4-6-11-10-5-2-3-7-12(10)23-15(11)13/h2-8,19H,1H3. The molecule has 122 valence electrons. The first-order chi connectivity index (χ1) is 11.5. The second-order valence-electron chi connectivity index (χ2n) is 5.25. The molecule has 2 aromatic heterocycles. The highest BCUT2D eigenvalue weighted by atomic mass is 79.9. The van der Waals surface area contributed by atoms with E-state index in [0.717, 1.165) is 20.2 Å². The van der Waals surface area contributed by atoms with E-state index in [9.17, 15) is 8.42 Å². The number of benzene rings is 2. The van der Waals surface area contributed by atoms with Gasteiger partial charge in [0.25, 0.3) is 15.9 Å². The Kier molecular flexibility index (Phi) is 3.63. The minimum absolute atomic E-state index is 0.0746. The van der Waals surface area contributed by atoms with Gasteiger partial charge in [0.2, 0.25) is 0 Å². The van der Waals surface area contributed by atoms with Crippen molar-refractivity contribution in [1.82, 2.24) is 5.16 Å². The number of aromatic nitrogens is 1. The van der Waals surface area contributed by atoms with Crippen LogP contribution in [0.2, 0.25) is 0 Å². The van der Waals surface area contributed by atoms with Crippen LogP contribution in [0.25, 0.3) is 20.2 Å². The van der Waals surface area contributed by atoms with Gasteiger partial charge in [0, 0.05) is 15.5 Å². The maximum Gasteiger partial charge on any atom is 0.265 e. The minimum atomic E-state index is -3.80. The molecule has 4 aromatic rings. The quantitative estimate of drug-likeness (QED) is 0.508. The number of nitrogens with one attached hydrogen (secondary N) is 1. The molecule has 5 nitrogen and oxygen atoms in total. The minimum Gasteiger partial charge on any atom is -0.336 e. The van der Waals surface area contributed by atoms with Crippen molar-refractivity contribution < 1.29 is 12.9 Å². The highest BCUT2D eigenvalue weighted by molar-refractivity contribution is 9.10. The van der Waals surface area contributed by atoms with Crippen molar-refractivity contribution in [2.45, 2.75) is 11.8 Å². The van der Waals surface area contributed by atoms with Crippen molar-refractivity contribution in [2.75, 3.05) is 4.72 Å². The van der Waals surface area contributed by atoms with E-state index < -0.39 is 10.0 Å². The Morgan fingerprint density at radius 3 is 2.62 bits per heavy atom. The van der Waals surface area contributed by atoms with E-state index >= 15 is 0 Å². The van der Waals surface area contributed by atoms with Gasteiger partial charge in [-0.1, -0.05) is 35.5 Å². The lowest BCUT2D eigenvalue weighted by molar-refractivity contribution is 0.430. The Labute approximate surface area is 150 Å². The largest absolute Gasteiger partial charge is 0.336 e. The molecule has 0 fully saturated rings. The van der Waals surface area contributed by atoms with Gasteiger partial charge in [-0.3, -0.25) is 0 Å². The van der Waals surface area contributed by atoms with Gasteiger partial charge >= 0.3 is 0 Å². The Morgan fingerprint density at radius 1 is 1.12 bits per heavy atom. The zero-order chi connectivity index (χ0) is 16.9. The van der Waals surface area contributed by atoms with Gasteiger partial charge in [-0.05, 0) is 35.0 Å². The third kappa shape index (κ3) is 2.42. The molecule has 0 aliphatic carbocycles. The third-order valence-electron chi connectivity index (χ3n) is 3.68. The predicted octanol–water partition coefficient (Wildman–Crippen LogP) is 4.91. The molecule has 8 heteroatoms. The van der Waals surface area contributed by atoms with E-state index in [-0.39, 0.29) is 10.8 Å². The van der Waals surface area contributed by atoms with Crippen LogP contribution >= 0.6 is 27.3 Å². The van der Waals surface area contributed by atoms with Crippen LogP contribution in [0.4, 0.5) is 5.88 Å². The number of anilines is 1. The van der Waals surface area contributed by atoms with E-state index in [4.69, 9.17) is 4.52 Å². The van der Waals surface area contributed by atoms with Crippen LogP contribution in [-0.2, 0) is 10.0 Å². The zero-order valence-electron chi connectivity index (χ0n) is 12.4. The number of fused-ring (bicyclic) bond motifs is 3. The van der Waals surface area contributed by atoms with Gasteiger partial charge in [0.05, 0.1) is 10.4 Å². The van der Waals surface area contributed by atoms with Crippen molar-refractivity contribution in [1.29, 1.82) is 0 Å². The average Bonchev–Trinajstić information content (AvgIpc) is 3.09. The lowest BCUT2D eigenvalue weighted by Crippen LogP contribution is -2.12. The zero-order valence-corrected chi connectivity index (χ0v) is 15.6. The van der Waals surface area contributed by atoms with Crippen molar-refractivity contribution in [3.8, 4) is 0 Å². The first-order valence-electron chi connectivity index (χ1n) is 7.02. The second kappa shape index (κ2) is 5.58. The fourth-order valence-corrected chi connectivity index (χ4v) is 5.58. The number of thiophene rings is 1. The van der Waals surface area contributed by atoms with Gasteiger partial charge < -0.3 is 4.52 Å². The smallest absolute Gasteiger partial charge is 0.265 e. The van der Waals surface area contributed by atoms with Crippen LogP contribution in [0.3, 0.4) is 0 Å². The summed E-state index contributed by atoms with van der Waals surface area (Å²) in [5, 5.41) is 5.71. The summed E-state index contributed by atoms with van der Waals surface area (Å²) in [4.78, 5) is 0.224. The van der Waals surface area contributed by atoms with Gasteiger partial charge in [0.15, 0.2) is 0 Å². The topological polar surface area (TPSA) is 72.2 Å². The van der Waals surface area contributed by atoms with Gasteiger partial charge in [-0.15, -0.1) is 11.3 Å². The SMILES string of the molecule is Cc1noc(NS(=O)(=O)c2cccc3c2sc2ccccc23)c1Br. The van der Waals surface area contributed by atoms with Crippen LogP contribution in [-0.4, -0.2) is 13.6 Å². The molecule has 1 N–H and O–H groups in total. The number of rotatable bonds is 3. The molecule has 0 spiro atoms. The fraction of sp³-hybridized carbons (Fsp3) is 0.0625. The molecular formula is C16H11BrN2O3S2. The molecule has 0 unspecified atom stereocenters. The number of halogens is 1. The van der Waals surface area contributed by atoms with E-state index in [2.05, 4.69) is 25.8 Å². The number of hydrogen-bond donors (Lipinski definition) is 1. The Balaban J connectivity index is 1.90. The Bertz CT molecular complexity index is 1180. The van der Waals surface area contributed by atoms with Gasteiger partial charge in [-0.25, -0.2) is 13.1 Å². The van der Waals surface area contributed by atoms with Gasteiger partial charge in [0.1, 0.15) is 9.37 Å². The molecule has 4 rings (SSSR count). The summed E-state index contributed by atoms with van der Waals surface area (Å²) in [6, 6.07) is 13.1. The summed E-state index contributed by atoms with van der Waals surface area (Å²) in [6.07, 6.45) is 0. The molecule has 2 heterocycles. The molecule has 0 aliphatic rings. The lowest BCUT2D eigenvalue weighted by Gasteiger charge is -2.06. The molecule has 0 bridgehead atoms. The van der Waals surface area contributed by atoms with Crippen molar-refractivity contribution >= 4 is 63.3 Å². The maximum atomic E-state index is 12.8. The lowest BCUT2D eigenvalue weighted by atomic mass is 10.1. The van der Waals surface area contributed by atoms with Crippen LogP contribution < -0.4 is 4.72 Å². The number of sulfonamides is 1. The Hall–Kier alpha value is -1.90. The number of hydrogen-bond acceptors (Lipinski definition) is 5. The third-order valence-corrected chi connectivity index (χ3v) is 7.33. The van der Waals surface area contributed by atoms with E-state index in [0.29, 0.717) is 10.2 Å². The normalized spacial score (nSPS) is 12.1. The molecular weight excluding hydrogens is 412 g/mol. The summed E-state index contributed by atoms with van der Waals surface area (Å²) in [5.41, 5.74) is 0.577. The monoisotopic (exact) mass is 422 g/mol.